The quantitative estimate of drug-likeness (QED) is 0.772. The van der Waals surface area contributed by atoms with Crippen LogP contribution in [0.2, 0.25) is 0 Å². The topological polar surface area (TPSA) is 62.7 Å². The van der Waals surface area contributed by atoms with E-state index in [4.69, 9.17) is 11.0 Å². The second kappa shape index (κ2) is 6.83. The molecule has 2 N–H and O–H groups in total. The number of hydrogen-bond donors (Lipinski definition) is 1. The Morgan fingerprint density at radius 1 is 1.39 bits per heavy atom. The summed E-state index contributed by atoms with van der Waals surface area (Å²) in [4.78, 5) is 4.38. The Hall–Kier alpha value is -1.68. The van der Waals surface area contributed by atoms with Gasteiger partial charge in [0, 0.05) is 23.4 Å². The number of aryl methyl sites for hydroxylation is 1. The molecule has 0 fully saturated rings. The van der Waals surface area contributed by atoms with Crippen molar-refractivity contribution in [3.63, 3.8) is 0 Å². The molecule has 1 unspecified atom stereocenters. The molecule has 23 heavy (non-hydrogen) atoms. The lowest BCUT2D eigenvalue weighted by atomic mass is 9.85. The Balaban J connectivity index is 0.000000924. The lowest BCUT2D eigenvalue weighted by Crippen LogP contribution is -2.30. The van der Waals surface area contributed by atoms with Crippen LogP contribution in [0, 0.1) is 17.2 Å². The van der Waals surface area contributed by atoms with Crippen molar-refractivity contribution >= 4 is 17.5 Å². The molecular weight excluding hydrogens is 323 g/mol. The van der Waals surface area contributed by atoms with E-state index in [1.807, 2.05) is 19.9 Å². The SMILES string of the molecule is CC.N#CC1=C(N)c2cc3c(nc2SC1)CC(C(F)(F)F)CC3. The van der Waals surface area contributed by atoms with Crippen molar-refractivity contribution in [1.82, 2.24) is 4.98 Å². The van der Waals surface area contributed by atoms with Crippen molar-refractivity contribution in [2.45, 2.75) is 44.3 Å². The van der Waals surface area contributed by atoms with Crippen molar-refractivity contribution in [3.05, 3.63) is 28.5 Å². The number of nitrogens with zero attached hydrogens (tertiary/aromatic N) is 2. The third-order valence-electron chi connectivity index (χ3n) is 3.92. The number of aromatic nitrogens is 1. The highest BCUT2D eigenvalue weighted by Crippen LogP contribution is 2.40. The summed E-state index contributed by atoms with van der Waals surface area (Å²) in [6.07, 6.45) is -3.81. The molecule has 7 heteroatoms. The molecule has 0 bridgehead atoms. The van der Waals surface area contributed by atoms with E-state index < -0.39 is 12.1 Å². The average molecular weight is 341 g/mol. The maximum atomic E-state index is 12.8. The molecule has 1 aromatic heterocycles. The number of halogens is 3. The van der Waals surface area contributed by atoms with Gasteiger partial charge in [0.2, 0.25) is 0 Å². The Kier molecular flexibility index (Phi) is 5.25. The van der Waals surface area contributed by atoms with E-state index in [0.29, 0.717) is 39.7 Å². The highest BCUT2D eigenvalue weighted by molar-refractivity contribution is 7.99. The van der Waals surface area contributed by atoms with Gasteiger partial charge in [-0.05, 0) is 24.5 Å². The minimum atomic E-state index is -4.17. The molecule has 1 aromatic rings. The van der Waals surface area contributed by atoms with Gasteiger partial charge in [-0.1, -0.05) is 13.8 Å². The number of nitriles is 1. The Bertz CT molecular complexity index is 674. The van der Waals surface area contributed by atoms with Gasteiger partial charge in [-0.15, -0.1) is 11.8 Å². The molecule has 0 radical (unpaired) electrons. The van der Waals surface area contributed by atoms with Crippen LogP contribution in [0.3, 0.4) is 0 Å². The third-order valence-corrected chi connectivity index (χ3v) is 4.94. The fourth-order valence-corrected chi connectivity index (χ4v) is 3.69. The van der Waals surface area contributed by atoms with Crippen LogP contribution in [-0.2, 0) is 12.8 Å². The van der Waals surface area contributed by atoms with Gasteiger partial charge >= 0.3 is 6.18 Å². The third kappa shape index (κ3) is 3.47. The summed E-state index contributed by atoms with van der Waals surface area (Å²) >= 11 is 1.35. The zero-order chi connectivity index (χ0) is 17.2. The molecule has 2 aliphatic rings. The van der Waals surface area contributed by atoms with Gasteiger partial charge in [-0.3, -0.25) is 0 Å². The summed E-state index contributed by atoms with van der Waals surface area (Å²) < 4.78 is 38.5. The maximum Gasteiger partial charge on any atom is 0.392 e. The predicted molar refractivity (Wildman–Crippen MR) is 84.6 cm³/mol. The Morgan fingerprint density at radius 2 is 2.09 bits per heavy atom. The molecule has 124 valence electrons. The smallest absolute Gasteiger partial charge is 0.392 e. The first-order valence-corrected chi connectivity index (χ1v) is 8.50. The summed E-state index contributed by atoms with van der Waals surface area (Å²) in [5.41, 5.74) is 8.88. The molecule has 0 saturated heterocycles. The van der Waals surface area contributed by atoms with E-state index in [1.165, 1.54) is 11.8 Å². The number of alkyl halides is 3. The van der Waals surface area contributed by atoms with Crippen LogP contribution in [0.15, 0.2) is 16.7 Å². The van der Waals surface area contributed by atoms with Crippen LogP contribution >= 0.6 is 11.8 Å². The lowest BCUT2D eigenvalue weighted by molar-refractivity contribution is -0.177. The summed E-state index contributed by atoms with van der Waals surface area (Å²) in [5.74, 6) is -0.893. The van der Waals surface area contributed by atoms with Crippen molar-refractivity contribution in [2.24, 2.45) is 11.7 Å². The van der Waals surface area contributed by atoms with Crippen LogP contribution in [0.25, 0.3) is 5.70 Å². The number of nitrogens with two attached hydrogens (primary N) is 1. The maximum absolute atomic E-state index is 12.8. The van der Waals surface area contributed by atoms with Crippen molar-refractivity contribution in [1.29, 1.82) is 5.26 Å². The molecule has 0 saturated carbocycles. The fraction of sp³-hybridized carbons (Fsp3) is 0.500. The van der Waals surface area contributed by atoms with Gasteiger partial charge < -0.3 is 5.73 Å². The molecular formula is C16H18F3N3S. The first-order chi connectivity index (χ1) is 10.9. The molecule has 0 aromatic carbocycles. The zero-order valence-electron chi connectivity index (χ0n) is 13.0. The number of thioether (sulfide) groups is 1. The molecule has 3 nitrogen and oxygen atoms in total. The molecule has 3 rings (SSSR count). The minimum Gasteiger partial charge on any atom is -0.397 e. The molecule has 1 aliphatic carbocycles. The number of fused-ring (bicyclic) bond motifs is 2. The van der Waals surface area contributed by atoms with E-state index >= 15 is 0 Å². The largest absolute Gasteiger partial charge is 0.397 e. The van der Waals surface area contributed by atoms with Crippen LogP contribution in [0.5, 0.6) is 0 Å². The van der Waals surface area contributed by atoms with Crippen LogP contribution < -0.4 is 5.73 Å². The van der Waals surface area contributed by atoms with Gasteiger partial charge in [0.15, 0.2) is 0 Å². The molecule has 2 heterocycles. The molecule has 1 atom stereocenters. The zero-order valence-corrected chi connectivity index (χ0v) is 13.8. The summed E-state index contributed by atoms with van der Waals surface area (Å²) in [5, 5.41) is 9.64. The number of pyridine rings is 1. The van der Waals surface area contributed by atoms with Crippen molar-refractivity contribution in [3.8, 4) is 6.07 Å². The highest BCUT2D eigenvalue weighted by Gasteiger charge is 2.41. The van der Waals surface area contributed by atoms with E-state index in [-0.39, 0.29) is 12.8 Å². The molecule has 0 spiro atoms. The first kappa shape index (κ1) is 17.7. The van der Waals surface area contributed by atoms with E-state index in [2.05, 4.69) is 11.1 Å². The van der Waals surface area contributed by atoms with Crippen LogP contribution in [-0.4, -0.2) is 16.9 Å². The van der Waals surface area contributed by atoms with E-state index in [0.717, 1.165) is 5.56 Å². The summed E-state index contributed by atoms with van der Waals surface area (Å²) in [7, 11) is 0. The second-order valence-corrected chi connectivity index (χ2v) is 6.18. The van der Waals surface area contributed by atoms with Gasteiger partial charge in [-0.2, -0.15) is 18.4 Å². The first-order valence-electron chi connectivity index (χ1n) is 7.51. The van der Waals surface area contributed by atoms with Gasteiger partial charge in [-0.25, -0.2) is 4.98 Å². The lowest BCUT2D eigenvalue weighted by Gasteiger charge is -2.27. The average Bonchev–Trinajstić information content (AvgIpc) is 2.54. The van der Waals surface area contributed by atoms with E-state index in [1.54, 1.807) is 0 Å². The minimum absolute atomic E-state index is 0.0681. The van der Waals surface area contributed by atoms with Gasteiger partial charge in [0.1, 0.15) is 5.03 Å². The summed E-state index contributed by atoms with van der Waals surface area (Å²) in [6.45, 7) is 4.00. The van der Waals surface area contributed by atoms with Crippen molar-refractivity contribution in [2.75, 3.05) is 5.75 Å². The number of rotatable bonds is 0. The second-order valence-electron chi connectivity index (χ2n) is 5.22. The predicted octanol–water partition coefficient (Wildman–Crippen LogP) is 4.07. The number of hydrogen-bond acceptors (Lipinski definition) is 4. The van der Waals surface area contributed by atoms with Crippen LogP contribution in [0.1, 0.15) is 37.1 Å². The Morgan fingerprint density at radius 3 is 2.70 bits per heavy atom. The summed E-state index contributed by atoms with van der Waals surface area (Å²) in [6, 6.07) is 3.87. The van der Waals surface area contributed by atoms with Gasteiger partial charge in [0.25, 0.3) is 0 Å². The molecule has 0 amide bonds. The standard InChI is InChI=1S/C14H12F3N3S.C2H6/c15-14(16,17)9-2-1-7-3-10-12(19)8(5-18)6-21-13(10)20-11(7)4-9;1-2/h3,9H,1-2,4,6,19H2;1-2H3. The van der Waals surface area contributed by atoms with Crippen molar-refractivity contribution < 1.29 is 13.2 Å². The Labute approximate surface area is 137 Å². The van der Waals surface area contributed by atoms with Crippen LogP contribution in [0.4, 0.5) is 13.2 Å². The normalized spacial score (nSPS) is 19.9. The molecule has 1 aliphatic heterocycles. The highest BCUT2D eigenvalue weighted by atomic mass is 32.2. The van der Waals surface area contributed by atoms with Gasteiger partial charge in [0.05, 0.1) is 23.3 Å². The fourth-order valence-electron chi connectivity index (χ4n) is 2.69. The van der Waals surface area contributed by atoms with E-state index in [9.17, 15) is 13.2 Å². The monoisotopic (exact) mass is 341 g/mol.